The maximum atomic E-state index is 12.3. The molecule has 0 saturated heterocycles. The maximum absolute atomic E-state index is 12.3. The van der Waals surface area contributed by atoms with Crippen molar-refractivity contribution < 1.29 is 9.22 Å². The molecule has 0 aliphatic rings. The molecule has 0 amide bonds. The normalized spacial score (nSPS) is 9.36. The van der Waals surface area contributed by atoms with Gasteiger partial charge < -0.3 is 4.74 Å². The molecule has 0 spiro atoms. The van der Waals surface area contributed by atoms with Gasteiger partial charge in [-0.05, 0) is 12.1 Å². The van der Waals surface area contributed by atoms with Crippen LogP contribution in [0.4, 0.5) is 10.2 Å². The number of rotatable bonds is 2. The van der Waals surface area contributed by atoms with Crippen LogP contribution in [0, 0.1) is 0 Å². The Morgan fingerprint density at radius 2 is 2.27 bits per heavy atom. The molecule has 0 aliphatic heterocycles. The van der Waals surface area contributed by atoms with Gasteiger partial charge in [-0.15, -0.1) is 5.23 Å². The van der Waals surface area contributed by atoms with Crippen LogP contribution in [0.1, 0.15) is 0 Å². The standard InChI is InChI=1S/C7H9FN2O/c1-11-7-4-2-3-6(5-7)10(8)9/h2-5H,9H2,1H3. The van der Waals surface area contributed by atoms with Crippen LogP contribution in [-0.2, 0) is 0 Å². The minimum absolute atomic E-state index is 0.0442. The summed E-state index contributed by atoms with van der Waals surface area (Å²) in [6, 6.07) is 6.42. The molecule has 0 saturated carbocycles. The zero-order valence-corrected chi connectivity index (χ0v) is 6.12. The fourth-order valence-corrected chi connectivity index (χ4v) is 0.743. The van der Waals surface area contributed by atoms with E-state index in [2.05, 4.69) is 0 Å². The first-order chi connectivity index (χ1) is 5.24. The average molecular weight is 156 g/mol. The summed E-state index contributed by atoms with van der Waals surface area (Å²) >= 11 is 0. The molecule has 0 aliphatic carbocycles. The number of benzene rings is 1. The van der Waals surface area contributed by atoms with Crippen molar-refractivity contribution in [2.75, 3.05) is 12.3 Å². The zero-order valence-electron chi connectivity index (χ0n) is 6.12. The lowest BCUT2D eigenvalue weighted by molar-refractivity contribution is 0.411. The molecule has 2 N–H and O–H groups in total. The summed E-state index contributed by atoms with van der Waals surface area (Å²) < 4.78 is 17.2. The molecular formula is C7H9FN2O. The van der Waals surface area contributed by atoms with Gasteiger partial charge in [0.1, 0.15) is 5.75 Å². The highest BCUT2D eigenvalue weighted by Gasteiger charge is 1.99. The monoisotopic (exact) mass is 156 g/mol. The van der Waals surface area contributed by atoms with E-state index in [-0.39, 0.29) is 10.9 Å². The Labute approximate surface area is 64.1 Å². The van der Waals surface area contributed by atoms with E-state index in [1.54, 1.807) is 18.2 Å². The number of nitrogens with zero attached hydrogens (tertiary/aromatic N) is 1. The lowest BCUT2D eigenvalue weighted by Crippen LogP contribution is -2.19. The predicted molar refractivity (Wildman–Crippen MR) is 40.8 cm³/mol. The van der Waals surface area contributed by atoms with Crippen LogP contribution in [0.5, 0.6) is 5.75 Å². The van der Waals surface area contributed by atoms with Gasteiger partial charge in [0.05, 0.1) is 12.8 Å². The van der Waals surface area contributed by atoms with Crippen molar-refractivity contribution in [2.24, 2.45) is 5.84 Å². The molecule has 60 valence electrons. The smallest absolute Gasteiger partial charge is 0.121 e. The van der Waals surface area contributed by atoms with Crippen LogP contribution in [-0.4, -0.2) is 7.11 Å². The third-order valence-electron chi connectivity index (χ3n) is 1.30. The van der Waals surface area contributed by atoms with Gasteiger partial charge in [0, 0.05) is 6.07 Å². The molecule has 3 nitrogen and oxygen atoms in total. The van der Waals surface area contributed by atoms with Gasteiger partial charge in [0.15, 0.2) is 0 Å². The minimum atomic E-state index is 0.0442. The molecule has 0 aromatic heterocycles. The summed E-state index contributed by atoms with van der Waals surface area (Å²) in [5.74, 6) is 5.43. The Bertz CT molecular complexity index is 240. The van der Waals surface area contributed by atoms with Crippen LogP contribution in [0.25, 0.3) is 0 Å². The number of methoxy groups -OCH3 is 1. The van der Waals surface area contributed by atoms with E-state index in [0.717, 1.165) is 0 Å². The molecule has 0 heterocycles. The van der Waals surface area contributed by atoms with E-state index < -0.39 is 0 Å². The highest BCUT2D eigenvalue weighted by Crippen LogP contribution is 2.18. The maximum Gasteiger partial charge on any atom is 0.121 e. The van der Waals surface area contributed by atoms with Crippen LogP contribution in [0.3, 0.4) is 0 Å². The van der Waals surface area contributed by atoms with Crippen molar-refractivity contribution >= 4 is 5.69 Å². The van der Waals surface area contributed by atoms with Crippen molar-refractivity contribution in [3.63, 3.8) is 0 Å². The Kier molecular flexibility index (Phi) is 2.28. The number of ether oxygens (including phenoxy) is 1. The van der Waals surface area contributed by atoms with Gasteiger partial charge in [-0.3, -0.25) is 0 Å². The molecule has 0 unspecified atom stereocenters. The summed E-state index contributed by atoms with van der Waals surface area (Å²) in [4.78, 5) is 0. The number of halogens is 1. The quantitative estimate of drug-likeness (QED) is 0.398. The minimum Gasteiger partial charge on any atom is -0.497 e. The van der Waals surface area contributed by atoms with E-state index in [9.17, 15) is 4.48 Å². The van der Waals surface area contributed by atoms with Crippen LogP contribution < -0.4 is 15.8 Å². The SMILES string of the molecule is COc1cccc(N(N)F)c1. The van der Waals surface area contributed by atoms with Gasteiger partial charge in [0.2, 0.25) is 0 Å². The molecule has 1 aromatic rings. The largest absolute Gasteiger partial charge is 0.497 e. The summed E-state index contributed by atoms with van der Waals surface area (Å²) in [6.45, 7) is 0. The molecule has 0 bridgehead atoms. The number of nitrogens with two attached hydrogens (primary N) is 1. The van der Waals surface area contributed by atoms with Gasteiger partial charge >= 0.3 is 0 Å². The molecular weight excluding hydrogens is 147 g/mol. The topological polar surface area (TPSA) is 38.5 Å². The Morgan fingerprint density at radius 3 is 2.82 bits per heavy atom. The molecule has 1 aromatic carbocycles. The number of anilines is 1. The first-order valence-corrected chi connectivity index (χ1v) is 3.08. The van der Waals surface area contributed by atoms with E-state index in [1.807, 2.05) is 0 Å². The van der Waals surface area contributed by atoms with E-state index in [0.29, 0.717) is 5.75 Å². The Morgan fingerprint density at radius 1 is 1.55 bits per heavy atom. The second kappa shape index (κ2) is 3.21. The van der Waals surface area contributed by atoms with Crippen molar-refractivity contribution in [2.45, 2.75) is 0 Å². The predicted octanol–water partition coefficient (Wildman–Crippen LogP) is 1.26. The third-order valence-corrected chi connectivity index (χ3v) is 1.30. The number of hydrazine groups is 1. The van der Waals surface area contributed by atoms with Crippen LogP contribution >= 0.6 is 0 Å². The van der Waals surface area contributed by atoms with Crippen molar-refractivity contribution in [1.29, 1.82) is 0 Å². The Balaban J connectivity index is 2.91. The fourth-order valence-electron chi connectivity index (χ4n) is 0.743. The second-order valence-corrected chi connectivity index (χ2v) is 2.01. The number of hydrogen-bond donors (Lipinski definition) is 1. The first kappa shape index (κ1) is 7.81. The first-order valence-electron chi connectivity index (χ1n) is 3.08. The molecule has 0 fully saturated rings. The molecule has 1 rings (SSSR count). The highest BCUT2D eigenvalue weighted by atomic mass is 19.2. The highest BCUT2D eigenvalue weighted by molar-refractivity contribution is 5.47. The van der Waals surface area contributed by atoms with Gasteiger partial charge in [-0.2, -0.15) is 0 Å². The molecule has 11 heavy (non-hydrogen) atoms. The van der Waals surface area contributed by atoms with E-state index in [1.165, 1.54) is 13.2 Å². The summed E-state index contributed by atoms with van der Waals surface area (Å²) in [5.41, 5.74) is 0.268. The second-order valence-electron chi connectivity index (χ2n) is 2.01. The molecule has 0 radical (unpaired) electrons. The molecule has 0 atom stereocenters. The third kappa shape index (κ3) is 1.81. The molecule has 4 heteroatoms. The van der Waals surface area contributed by atoms with Gasteiger partial charge in [-0.1, -0.05) is 10.5 Å². The lowest BCUT2D eigenvalue weighted by atomic mass is 10.3. The summed E-state index contributed by atoms with van der Waals surface area (Å²) in [7, 11) is 1.51. The van der Waals surface area contributed by atoms with Crippen molar-refractivity contribution in [3.05, 3.63) is 24.3 Å². The average Bonchev–Trinajstić information content (AvgIpc) is 2.05. The van der Waals surface area contributed by atoms with E-state index >= 15 is 0 Å². The van der Waals surface area contributed by atoms with Crippen LogP contribution in [0.15, 0.2) is 24.3 Å². The fraction of sp³-hybridized carbons (Fsp3) is 0.143. The van der Waals surface area contributed by atoms with Crippen LogP contribution in [0.2, 0.25) is 0 Å². The lowest BCUT2D eigenvalue weighted by Gasteiger charge is -2.07. The van der Waals surface area contributed by atoms with Gasteiger partial charge in [0.25, 0.3) is 0 Å². The number of hydrogen-bond acceptors (Lipinski definition) is 3. The van der Waals surface area contributed by atoms with Gasteiger partial charge in [-0.25, -0.2) is 5.84 Å². The summed E-state index contributed by atoms with van der Waals surface area (Å²) in [5, 5.41) is 0.0442. The summed E-state index contributed by atoms with van der Waals surface area (Å²) in [6.07, 6.45) is 0. The van der Waals surface area contributed by atoms with Crippen molar-refractivity contribution in [1.82, 2.24) is 0 Å². The Hall–Kier alpha value is -1.29. The van der Waals surface area contributed by atoms with Crippen molar-refractivity contribution in [3.8, 4) is 5.75 Å². The zero-order chi connectivity index (χ0) is 8.27. The van der Waals surface area contributed by atoms with E-state index in [4.69, 9.17) is 10.6 Å².